The van der Waals surface area contributed by atoms with E-state index in [2.05, 4.69) is 10.2 Å². The Morgan fingerprint density at radius 3 is 3.00 bits per heavy atom. The molecule has 1 heterocycles. The number of imidazole rings is 1. The van der Waals surface area contributed by atoms with E-state index < -0.39 is 0 Å². The minimum atomic E-state index is 0.421. The van der Waals surface area contributed by atoms with Gasteiger partial charge in [0.25, 0.3) is 0 Å². The van der Waals surface area contributed by atoms with E-state index in [1.54, 1.807) is 0 Å². The first-order chi connectivity index (χ1) is 5.29. The molecule has 1 aromatic heterocycles. The van der Waals surface area contributed by atoms with Crippen molar-refractivity contribution in [2.45, 2.75) is 26.8 Å². The zero-order valence-electron chi connectivity index (χ0n) is 6.74. The van der Waals surface area contributed by atoms with Gasteiger partial charge in [-0.2, -0.15) is 0 Å². The second-order valence-corrected chi connectivity index (χ2v) is 2.41. The predicted molar refractivity (Wildman–Crippen MR) is 42.7 cm³/mol. The van der Waals surface area contributed by atoms with Crippen LogP contribution in [0.3, 0.4) is 0 Å². The second kappa shape index (κ2) is 3.27. The van der Waals surface area contributed by atoms with Gasteiger partial charge in [-0.25, -0.2) is 4.98 Å². The summed E-state index contributed by atoms with van der Waals surface area (Å²) in [6.07, 6.45) is 2.48. The van der Waals surface area contributed by atoms with Crippen LogP contribution in [-0.2, 0) is 6.54 Å². The van der Waals surface area contributed by atoms with Gasteiger partial charge in [-0.15, -0.1) is 4.91 Å². The minimum absolute atomic E-state index is 0.421. The highest BCUT2D eigenvalue weighted by atomic mass is 16.3. The van der Waals surface area contributed by atoms with Crippen LogP contribution < -0.4 is 0 Å². The van der Waals surface area contributed by atoms with Crippen molar-refractivity contribution in [1.29, 1.82) is 0 Å². The van der Waals surface area contributed by atoms with Gasteiger partial charge in [0.05, 0.1) is 6.20 Å². The molecule has 0 aliphatic carbocycles. The lowest BCUT2D eigenvalue weighted by molar-refractivity contribution is 0.660. The maximum absolute atomic E-state index is 10.2. The predicted octanol–water partition coefficient (Wildman–Crippen LogP) is 2.00. The van der Waals surface area contributed by atoms with E-state index in [0.29, 0.717) is 5.82 Å². The zero-order chi connectivity index (χ0) is 8.27. The molecule has 0 fully saturated rings. The first-order valence-electron chi connectivity index (χ1n) is 3.65. The Balaban J connectivity index is 2.97. The van der Waals surface area contributed by atoms with Crippen LogP contribution in [0.15, 0.2) is 11.4 Å². The number of nitroso groups, excluding NO2 is 1. The summed E-state index contributed by atoms with van der Waals surface area (Å²) in [7, 11) is 0. The smallest absolute Gasteiger partial charge is 0.197 e. The Morgan fingerprint density at radius 1 is 1.73 bits per heavy atom. The largest absolute Gasteiger partial charge is 0.311 e. The zero-order valence-corrected chi connectivity index (χ0v) is 6.74. The highest BCUT2D eigenvalue weighted by molar-refractivity contribution is 5.26. The summed E-state index contributed by atoms with van der Waals surface area (Å²) in [6, 6.07) is 0. The summed E-state index contributed by atoms with van der Waals surface area (Å²) in [6.45, 7) is 4.73. The van der Waals surface area contributed by atoms with Gasteiger partial charge in [0.1, 0.15) is 5.82 Å². The van der Waals surface area contributed by atoms with Crippen LogP contribution in [0.4, 0.5) is 5.82 Å². The topological polar surface area (TPSA) is 47.2 Å². The van der Waals surface area contributed by atoms with E-state index in [-0.39, 0.29) is 0 Å². The molecule has 0 aliphatic rings. The van der Waals surface area contributed by atoms with E-state index >= 15 is 0 Å². The van der Waals surface area contributed by atoms with Crippen LogP contribution >= 0.6 is 0 Å². The van der Waals surface area contributed by atoms with Crippen molar-refractivity contribution in [3.8, 4) is 0 Å². The van der Waals surface area contributed by atoms with Crippen molar-refractivity contribution in [2.75, 3.05) is 0 Å². The standard InChI is InChI=1S/C7H11N3O/c1-3-4-10-6(2)8-5-7(10)9-11/h5H,3-4H2,1-2H3. The molecule has 0 saturated carbocycles. The molecule has 0 aromatic carbocycles. The third kappa shape index (κ3) is 1.45. The fourth-order valence-corrected chi connectivity index (χ4v) is 1.03. The van der Waals surface area contributed by atoms with E-state index in [0.717, 1.165) is 18.8 Å². The Kier molecular flexibility index (Phi) is 2.36. The van der Waals surface area contributed by atoms with Crippen molar-refractivity contribution in [2.24, 2.45) is 5.18 Å². The molecule has 0 bridgehead atoms. The van der Waals surface area contributed by atoms with Crippen molar-refractivity contribution >= 4 is 5.82 Å². The van der Waals surface area contributed by atoms with Gasteiger partial charge in [0.15, 0.2) is 5.82 Å². The van der Waals surface area contributed by atoms with Crippen LogP contribution in [0, 0.1) is 11.8 Å². The van der Waals surface area contributed by atoms with Crippen molar-refractivity contribution in [1.82, 2.24) is 9.55 Å². The van der Waals surface area contributed by atoms with Crippen molar-refractivity contribution in [3.05, 3.63) is 16.9 Å². The van der Waals surface area contributed by atoms with Gasteiger partial charge in [-0.05, 0) is 18.5 Å². The number of hydrogen-bond acceptors (Lipinski definition) is 3. The normalized spacial score (nSPS) is 10.0. The van der Waals surface area contributed by atoms with Gasteiger partial charge < -0.3 is 4.57 Å². The molecule has 0 N–H and O–H groups in total. The molecule has 0 radical (unpaired) electrons. The quantitative estimate of drug-likeness (QED) is 0.623. The van der Waals surface area contributed by atoms with Crippen LogP contribution in [0.25, 0.3) is 0 Å². The molecule has 4 heteroatoms. The molecule has 0 aliphatic heterocycles. The fraction of sp³-hybridized carbons (Fsp3) is 0.571. The molecule has 11 heavy (non-hydrogen) atoms. The molecule has 0 saturated heterocycles. The minimum Gasteiger partial charge on any atom is -0.311 e. The van der Waals surface area contributed by atoms with E-state index in [1.807, 2.05) is 18.4 Å². The Labute approximate surface area is 65.2 Å². The van der Waals surface area contributed by atoms with Gasteiger partial charge in [0, 0.05) is 6.54 Å². The number of hydrogen-bond donors (Lipinski definition) is 0. The molecule has 1 aromatic rings. The van der Waals surface area contributed by atoms with Gasteiger partial charge in [-0.1, -0.05) is 6.92 Å². The van der Waals surface area contributed by atoms with Gasteiger partial charge in [-0.3, -0.25) is 0 Å². The molecule has 1 rings (SSSR count). The van der Waals surface area contributed by atoms with E-state index in [1.165, 1.54) is 6.20 Å². The summed E-state index contributed by atoms with van der Waals surface area (Å²) in [5.41, 5.74) is 0. The molecular weight excluding hydrogens is 142 g/mol. The van der Waals surface area contributed by atoms with Crippen LogP contribution in [0.1, 0.15) is 19.2 Å². The Bertz CT molecular complexity index is 254. The average Bonchev–Trinajstić information content (AvgIpc) is 2.34. The summed E-state index contributed by atoms with van der Waals surface area (Å²) in [5.74, 6) is 1.27. The van der Waals surface area contributed by atoms with E-state index in [9.17, 15) is 4.91 Å². The first-order valence-corrected chi connectivity index (χ1v) is 3.65. The highest BCUT2D eigenvalue weighted by Crippen LogP contribution is 2.13. The highest BCUT2D eigenvalue weighted by Gasteiger charge is 2.03. The van der Waals surface area contributed by atoms with E-state index in [4.69, 9.17) is 0 Å². The Morgan fingerprint density at radius 2 is 2.45 bits per heavy atom. The number of rotatable bonds is 3. The number of aromatic nitrogens is 2. The van der Waals surface area contributed by atoms with Gasteiger partial charge >= 0.3 is 0 Å². The fourth-order valence-electron chi connectivity index (χ4n) is 1.03. The maximum Gasteiger partial charge on any atom is 0.197 e. The lowest BCUT2D eigenvalue weighted by atomic mass is 10.4. The van der Waals surface area contributed by atoms with Crippen LogP contribution in [-0.4, -0.2) is 9.55 Å². The third-order valence-electron chi connectivity index (χ3n) is 1.57. The molecule has 0 unspecified atom stereocenters. The number of nitrogens with zero attached hydrogens (tertiary/aromatic N) is 3. The summed E-state index contributed by atoms with van der Waals surface area (Å²) >= 11 is 0. The van der Waals surface area contributed by atoms with Crippen LogP contribution in [0.2, 0.25) is 0 Å². The average molecular weight is 153 g/mol. The summed E-state index contributed by atoms with van der Waals surface area (Å²) in [5, 5.41) is 2.86. The summed E-state index contributed by atoms with van der Waals surface area (Å²) in [4.78, 5) is 14.2. The summed E-state index contributed by atoms with van der Waals surface area (Å²) < 4.78 is 1.81. The number of aryl methyl sites for hydroxylation is 1. The molecule has 0 amide bonds. The molecule has 4 nitrogen and oxygen atoms in total. The molecule has 0 spiro atoms. The van der Waals surface area contributed by atoms with Crippen molar-refractivity contribution < 1.29 is 0 Å². The lowest BCUT2D eigenvalue weighted by Crippen LogP contribution is -1.98. The monoisotopic (exact) mass is 153 g/mol. The first kappa shape index (κ1) is 7.91. The lowest BCUT2D eigenvalue weighted by Gasteiger charge is -2.01. The van der Waals surface area contributed by atoms with Crippen molar-refractivity contribution in [3.63, 3.8) is 0 Å². The van der Waals surface area contributed by atoms with Gasteiger partial charge in [0.2, 0.25) is 0 Å². The molecular formula is C7H11N3O. The van der Waals surface area contributed by atoms with Crippen LogP contribution in [0.5, 0.6) is 0 Å². The SMILES string of the molecule is CCCn1c(N=O)cnc1C. The third-order valence-corrected chi connectivity index (χ3v) is 1.57. The second-order valence-electron chi connectivity index (χ2n) is 2.41. The maximum atomic E-state index is 10.2. The Hall–Kier alpha value is -1.19. The molecule has 0 atom stereocenters. The molecule has 60 valence electrons.